The van der Waals surface area contributed by atoms with Gasteiger partial charge in [0.1, 0.15) is 13.2 Å². The Hall–Kier alpha value is -4.57. The molecule has 0 heterocycles. The lowest BCUT2D eigenvalue weighted by molar-refractivity contribution is -0.870. The summed E-state index contributed by atoms with van der Waals surface area (Å²) in [7, 11) is 5.96. The van der Waals surface area contributed by atoms with Crippen LogP contribution in [0.1, 0.15) is 284 Å². The molecule has 0 bridgehead atoms. The van der Waals surface area contributed by atoms with Crippen molar-refractivity contribution in [3.8, 4) is 0 Å². The Morgan fingerprint density at radius 1 is 0.345 bits per heavy atom. The zero-order valence-electron chi connectivity index (χ0n) is 56.6. The van der Waals surface area contributed by atoms with Gasteiger partial charge in [-0.15, -0.1) is 0 Å². The normalized spacial score (nSPS) is 13.5. The minimum absolute atomic E-state index is 0.177. The Labute approximate surface area is 535 Å². The maximum Gasteiger partial charge on any atom is 0.361 e. The highest BCUT2D eigenvalue weighted by molar-refractivity contribution is 5.71. The van der Waals surface area contributed by atoms with Crippen LogP contribution in [0.2, 0.25) is 0 Å². The molecule has 0 aromatic rings. The molecule has 0 saturated heterocycles. The standard InChI is InChI=1S/C78H131NO8/c1-6-8-10-12-14-16-18-20-22-24-26-28-30-31-32-33-34-35-36-37-38-39-40-41-42-43-44-45-47-48-50-52-54-56-58-60-62-64-66-68-75(80)85-72-74(73-86-78(77(82)83)84-71-70-79(3,4)5)87-76(81)69-67-65-63-61-59-57-55-53-51-49-46-29-27-25-23-21-19-17-15-13-11-9-7-2/h8-11,14-17,20-23,26-29,31-32,49,51,55,57,74,78H,6-7,12-13,18-19,24-25,30,33-48,50,52-54,56,58-73H2,1-5H3/p+1/b10-8-,11-9-,16-14-,17-15-,22-20-,23-21-,28-26-,29-27-,32-31-,51-49-,57-55-. The minimum atomic E-state index is -1.52. The van der Waals surface area contributed by atoms with E-state index < -0.39 is 24.3 Å². The van der Waals surface area contributed by atoms with Gasteiger partial charge < -0.3 is 28.5 Å². The number of carbonyl (C=O) groups is 3. The van der Waals surface area contributed by atoms with Crippen LogP contribution in [0, 0.1) is 0 Å². The molecule has 0 aliphatic carbocycles. The number of quaternary nitrogens is 1. The van der Waals surface area contributed by atoms with Gasteiger partial charge in [-0.3, -0.25) is 9.59 Å². The SMILES string of the molecule is CC/C=C\C/C=C\C/C=C\C/C=C\C/C=C\C/C=C\CCCCCCC(=O)OC(COC(=O)CCCCCCCCCCCCCCCCCCCCCCCCC/C=C\C/C=C\C/C=C\C/C=C\C/C=C\CC)COC(OCC[N+](C)(C)C)C(=O)O. The topological polar surface area (TPSA) is 108 Å². The molecule has 0 aromatic carbocycles. The number of unbranched alkanes of at least 4 members (excludes halogenated alkanes) is 27. The van der Waals surface area contributed by atoms with Crippen LogP contribution in [-0.2, 0) is 33.3 Å². The zero-order valence-corrected chi connectivity index (χ0v) is 56.6. The van der Waals surface area contributed by atoms with E-state index in [0.717, 1.165) is 116 Å². The second kappa shape index (κ2) is 67.4. The van der Waals surface area contributed by atoms with Crippen LogP contribution in [-0.4, -0.2) is 87.4 Å². The molecule has 2 atom stereocenters. The van der Waals surface area contributed by atoms with Crippen molar-refractivity contribution < 1.29 is 42.9 Å². The monoisotopic (exact) mass is 1210 g/mol. The Morgan fingerprint density at radius 3 is 0.920 bits per heavy atom. The number of esters is 2. The molecule has 0 rings (SSSR count). The van der Waals surface area contributed by atoms with Gasteiger partial charge in [0.25, 0.3) is 6.29 Å². The lowest BCUT2D eigenvalue weighted by Gasteiger charge is -2.25. The molecular weight excluding hydrogens is 1080 g/mol. The maximum absolute atomic E-state index is 12.9. The van der Waals surface area contributed by atoms with Crippen molar-refractivity contribution in [1.29, 1.82) is 0 Å². The molecule has 0 radical (unpaired) electrons. The van der Waals surface area contributed by atoms with E-state index >= 15 is 0 Å². The van der Waals surface area contributed by atoms with E-state index in [4.69, 9.17) is 18.9 Å². The van der Waals surface area contributed by atoms with Crippen LogP contribution in [0.3, 0.4) is 0 Å². The van der Waals surface area contributed by atoms with E-state index in [1.807, 2.05) is 21.1 Å². The predicted molar refractivity (Wildman–Crippen MR) is 373 cm³/mol. The summed E-state index contributed by atoms with van der Waals surface area (Å²) in [6.07, 6.45) is 94.3. The van der Waals surface area contributed by atoms with Crippen molar-refractivity contribution in [3.05, 3.63) is 134 Å². The summed E-state index contributed by atoms with van der Waals surface area (Å²) in [5.41, 5.74) is 0. The average Bonchev–Trinajstić information content (AvgIpc) is 3.50. The van der Waals surface area contributed by atoms with Crippen LogP contribution in [0.25, 0.3) is 0 Å². The van der Waals surface area contributed by atoms with Crippen LogP contribution in [0.15, 0.2) is 134 Å². The van der Waals surface area contributed by atoms with Crippen molar-refractivity contribution in [1.82, 2.24) is 0 Å². The number of allylic oxidation sites excluding steroid dienone is 22. The number of nitrogens with zero attached hydrogens (tertiary/aromatic N) is 1. The van der Waals surface area contributed by atoms with Gasteiger partial charge >= 0.3 is 17.9 Å². The number of carboxylic acid groups (broad SMARTS) is 1. The molecule has 87 heavy (non-hydrogen) atoms. The fraction of sp³-hybridized carbons (Fsp3) is 0.679. The molecule has 1 N–H and O–H groups in total. The van der Waals surface area contributed by atoms with Gasteiger partial charge in [-0.2, -0.15) is 0 Å². The van der Waals surface area contributed by atoms with Crippen LogP contribution >= 0.6 is 0 Å². The number of carboxylic acids is 1. The number of ether oxygens (including phenoxy) is 4. The van der Waals surface area contributed by atoms with E-state index in [0.29, 0.717) is 23.9 Å². The number of aliphatic carboxylic acids is 1. The highest BCUT2D eigenvalue weighted by Crippen LogP contribution is 2.17. The first kappa shape index (κ1) is 82.4. The number of hydrogen-bond acceptors (Lipinski definition) is 7. The van der Waals surface area contributed by atoms with Crippen molar-refractivity contribution in [2.24, 2.45) is 0 Å². The van der Waals surface area contributed by atoms with Crippen molar-refractivity contribution in [2.45, 2.75) is 296 Å². The summed E-state index contributed by atoms with van der Waals surface area (Å²) >= 11 is 0. The summed E-state index contributed by atoms with van der Waals surface area (Å²) in [6, 6.07) is 0. The molecule has 0 fully saturated rings. The van der Waals surface area contributed by atoms with E-state index in [2.05, 4.69) is 148 Å². The van der Waals surface area contributed by atoms with Gasteiger partial charge in [-0.05, 0) is 109 Å². The summed E-state index contributed by atoms with van der Waals surface area (Å²) < 4.78 is 22.9. The van der Waals surface area contributed by atoms with Gasteiger partial charge in [-0.1, -0.05) is 295 Å². The largest absolute Gasteiger partial charge is 0.477 e. The summed E-state index contributed by atoms with van der Waals surface area (Å²) in [5, 5.41) is 9.74. The third-order valence-electron chi connectivity index (χ3n) is 14.9. The lowest BCUT2D eigenvalue weighted by Crippen LogP contribution is -2.40. The third-order valence-corrected chi connectivity index (χ3v) is 14.9. The molecule has 9 heteroatoms. The third kappa shape index (κ3) is 68.8. The average molecular weight is 1210 g/mol. The van der Waals surface area contributed by atoms with Crippen molar-refractivity contribution in [2.75, 3.05) is 47.5 Å². The van der Waals surface area contributed by atoms with E-state index in [1.165, 1.54) is 135 Å². The molecule has 0 saturated carbocycles. The summed E-state index contributed by atoms with van der Waals surface area (Å²) in [6.45, 7) is 4.63. The number of hydrogen-bond donors (Lipinski definition) is 1. The molecule has 0 aromatic heterocycles. The van der Waals surface area contributed by atoms with E-state index in [-0.39, 0.29) is 32.2 Å². The molecule has 0 aliphatic heterocycles. The first-order valence-electron chi connectivity index (χ1n) is 35.3. The van der Waals surface area contributed by atoms with Gasteiger partial charge in [-0.25, -0.2) is 4.79 Å². The molecule has 2 unspecified atom stereocenters. The Balaban J connectivity index is 4.07. The minimum Gasteiger partial charge on any atom is -0.477 e. The first-order chi connectivity index (χ1) is 42.6. The molecule has 0 amide bonds. The van der Waals surface area contributed by atoms with Crippen LogP contribution in [0.5, 0.6) is 0 Å². The molecule has 0 spiro atoms. The van der Waals surface area contributed by atoms with Gasteiger partial charge in [0.2, 0.25) is 0 Å². The lowest BCUT2D eigenvalue weighted by atomic mass is 10.0. The fourth-order valence-electron chi connectivity index (χ4n) is 9.58. The van der Waals surface area contributed by atoms with Crippen molar-refractivity contribution >= 4 is 17.9 Å². The number of rotatable bonds is 64. The molecule has 496 valence electrons. The van der Waals surface area contributed by atoms with Crippen LogP contribution in [0.4, 0.5) is 0 Å². The molecular formula is C78H132NO8+. The van der Waals surface area contributed by atoms with E-state index in [1.54, 1.807) is 0 Å². The predicted octanol–water partition coefficient (Wildman–Crippen LogP) is 22.1. The summed E-state index contributed by atoms with van der Waals surface area (Å²) in [5.74, 6) is -2.04. The quantitative estimate of drug-likeness (QED) is 0.0211. The van der Waals surface area contributed by atoms with Crippen molar-refractivity contribution in [3.63, 3.8) is 0 Å². The highest BCUT2D eigenvalue weighted by atomic mass is 16.7. The molecule has 9 nitrogen and oxygen atoms in total. The maximum atomic E-state index is 12.9. The second-order valence-corrected chi connectivity index (χ2v) is 24.4. The smallest absolute Gasteiger partial charge is 0.361 e. The Kier molecular flexibility index (Phi) is 63.8. The fourth-order valence-corrected chi connectivity index (χ4v) is 9.58. The Morgan fingerprint density at radius 2 is 0.621 bits per heavy atom. The van der Waals surface area contributed by atoms with Gasteiger partial charge in [0.05, 0.1) is 34.4 Å². The first-order valence-corrected chi connectivity index (χ1v) is 35.3. The zero-order chi connectivity index (χ0) is 63.3. The molecule has 0 aliphatic rings. The van der Waals surface area contributed by atoms with Crippen LogP contribution < -0.4 is 0 Å². The summed E-state index contributed by atoms with van der Waals surface area (Å²) in [4.78, 5) is 37.6. The van der Waals surface area contributed by atoms with E-state index in [9.17, 15) is 19.5 Å². The number of likely N-dealkylation sites (N-methyl/N-ethyl adjacent to an activating group) is 1. The van der Waals surface area contributed by atoms with Gasteiger partial charge in [0.15, 0.2) is 6.10 Å². The van der Waals surface area contributed by atoms with Gasteiger partial charge in [0, 0.05) is 12.8 Å². The Bertz CT molecular complexity index is 1890. The highest BCUT2D eigenvalue weighted by Gasteiger charge is 2.25. The second-order valence-electron chi connectivity index (χ2n) is 24.4. The number of carbonyl (C=O) groups excluding carboxylic acids is 2.